The number of hydrogen-bond acceptors (Lipinski definition) is 3. The van der Waals surface area contributed by atoms with Gasteiger partial charge >= 0.3 is 6.18 Å². The van der Waals surface area contributed by atoms with E-state index in [4.69, 9.17) is 5.73 Å². The minimum Gasteiger partial charge on any atom is -0.370 e. The molecule has 2 N–H and O–H groups in total. The molecule has 0 unspecified atom stereocenters. The summed E-state index contributed by atoms with van der Waals surface area (Å²) < 4.78 is 37.7. The van der Waals surface area contributed by atoms with E-state index in [1.54, 1.807) is 0 Å². The lowest BCUT2D eigenvalue weighted by Gasteiger charge is -2.30. The zero-order valence-electron chi connectivity index (χ0n) is 12.0. The maximum absolute atomic E-state index is 12.6. The molecule has 0 aliphatic carbocycles. The molecule has 0 saturated heterocycles. The fourth-order valence-electron chi connectivity index (χ4n) is 2.11. The second-order valence-corrected chi connectivity index (χ2v) is 5.27. The number of alkyl halides is 3. The van der Waals surface area contributed by atoms with Gasteiger partial charge in [-0.25, -0.2) is 0 Å². The summed E-state index contributed by atoms with van der Waals surface area (Å²) in [5, 5.41) is 0. The van der Waals surface area contributed by atoms with Gasteiger partial charge in [0.2, 0.25) is 0 Å². The molecule has 0 aromatic carbocycles. The van der Waals surface area contributed by atoms with Gasteiger partial charge in [0.15, 0.2) is 0 Å². The predicted octanol–water partition coefficient (Wildman–Crippen LogP) is 3.05. The van der Waals surface area contributed by atoms with Crippen molar-refractivity contribution >= 4 is 5.57 Å². The van der Waals surface area contributed by atoms with Crippen molar-refractivity contribution in [1.29, 1.82) is 0 Å². The van der Waals surface area contributed by atoms with E-state index in [0.717, 1.165) is 23.4 Å². The van der Waals surface area contributed by atoms with E-state index in [0.29, 0.717) is 18.8 Å². The molecular formula is C15H18F3N3. The highest BCUT2D eigenvalue weighted by molar-refractivity contribution is 5.68. The highest BCUT2D eigenvalue weighted by Crippen LogP contribution is 2.30. The summed E-state index contributed by atoms with van der Waals surface area (Å²) in [4.78, 5) is 6.04. The summed E-state index contributed by atoms with van der Waals surface area (Å²) in [6, 6.07) is 2.75. The zero-order chi connectivity index (χ0) is 15.6. The van der Waals surface area contributed by atoms with Gasteiger partial charge in [0.25, 0.3) is 0 Å². The maximum atomic E-state index is 12.6. The Morgan fingerprint density at radius 1 is 1.33 bits per heavy atom. The topological polar surface area (TPSA) is 42.1 Å². The lowest BCUT2D eigenvalue weighted by Crippen LogP contribution is -2.30. The summed E-state index contributed by atoms with van der Waals surface area (Å²) in [6.45, 7) is 5.09. The van der Waals surface area contributed by atoms with Crippen molar-refractivity contribution in [2.24, 2.45) is 5.73 Å². The Bertz CT molecular complexity index is 557. The van der Waals surface area contributed by atoms with Crippen molar-refractivity contribution in [2.45, 2.75) is 26.1 Å². The second kappa shape index (κ2) is 5.89. The van der Waals surface area contributed by atoms with E-state index in [-0.39, 0.29) is 6.04 Å². The van der Waals surface area contributed by atoms with Crippen LogP contribution in [0.2, 0.25) is 0 Å². The molecule has 0 saturated carbocycles. The quantitative estimate of drug-likeness (QED) is 0.932. The van der Waals surface area contributed by atoms with Crippen LogP contribution >= 0.6 is 0 Å². The van der Waals surface area contributed by atoms with E-state index in [2.05, 4.69) is 9.88 Å². The van der Waals surface area contributed by atoms with Crippen LogP contribution in [0, 0.1) is 0 Å². The number of rotatable bonds is 3. The second-order valence-electron chi connectivity index (χ2n) is 5.27. The first-order valence-electron chi connectivity index (χ1n) is 6.72. The Hall–Kier alpha value is -1.82. The van der Waals surface area contributed by atoms with Crippen LogP contribution in [0.25, 0.3) is 5.57 Å². The maximum Gasteiger partial charge on any atom is 0.417 e. The minimum absolute atomic E-state index is 0.282. The van der Waals surface area contributed by atoms with Gasteiger partial charge < -0.3 is 10.6 Å². The van der Waals surface area contributed by atoms with E-state index in [1.165, 1.54) is 6.07 Å². The molecule has 114 valence electrons. The molecule has 1 aliphatic heterocycles. The molecule has 6 heteroatoms. The van der Waals surface area contributed by atoms with Gasteiger partial charge in [0, 0.05) is 31.5 Å². The number of hydrogen-bond donors (Lipinski definition) is 1. The lowest BCUT2D eigenvalue weighted by molar-refractivity contribution is -0.137. The monoisotopic (exact) mass is 297 g/mol. The molecular weight excluding hydrogens is 279 g/mol. The van der Waals surface area contributed by atoms with Gasteiger partial charge in [0.1, 0.15) is 0 Å². The van der Waals surface area contributed by atoms with Gasteiger partial charge in [-0.2, -0.15) is 13.2 Å². The summed E-state index contributed by atoms with van der Waals surface area (Å²) in [5.41, 5.74) is 7.30. The molecule has 0 spiro atoms. The van der Waals surface area contributed by atoms with Gasteiger partial charge in [0.05, 0.1) is 11.3 Å². The molecule has 0 bridgehead atoms. The fraction of sp³-hybridized carbons (Fsp3) is 0.400. The van der Waals surface area contributed by atoms with E-state index < -0.39 is 11.7 Å². The summed E-state index contributed by atoms with van der Waals surface area (Å²) in [6.07, 6.45) is 0.391. The van der Waals surface area contributed by atoms with Crippen LogP contribution < -0.4 is 5.73 Å². The molecule has 21 heavy (non-hydrogen) atoms. The van der Waals surface area contributed by atoms with Crippen molar-refractivity contribution in [2.75, 3.05) is 13.1 Å². The van der Waals surface area contributed by atoms with Gasteiger partial charge in [-0.1, -0.05) is 0 Å². The van der Waals surface area contributed by atoms with Crippen LogP contribution in [-0.2, 0) is 6.18 Å². The molecule has 2 rings (SSSR count). The zero-order valence-corrected chi connectivity index (χ0v) is 12.0. The molecule has 0 radical (unpaired) electrons. The largest absolute Gasteiger partial charge is 0.417 e. The Labute approximate surface area is 122 Å². The predicted molar refractivity (Wildman–Crippen MR) is 76.2 cm³/mol. The molecule has 1 aromatic rings. The number of nitrogens with zero attached hydrogens (tertiary/aromatic N) is 2. The Balaban J connectivity index is 2.29. The Morgan fingerprint density at radius 2 is 2.05 bits per heavy atom. The Kier molecular flexibility index (Phi) is 4.37. The molecule has 0 atom stereocenters. The smallest absolute Gasteiger partial charge is 0.370 e. The normalized spacial score (nSPS) is 16.0. The molecule has 0 amide bonds. The van der Waals surface area contributed by atoms with Crippen LogP contribution in [0.1, 0.15) is 25.1 Å². The van der Waals surface area contributed by atoms with Crippen molar-refractivity contribution in [1.82, 2.24) is 9.88 Å². The van der Waals surface area contributed by atoms with Crippen LogP contribution in [-0.4, -0.2) is 29.0 Å². The third-order valence-electron chi connectivity index (χ3n) is 3.36. The SMILES string of the molecule is CC(C)N1C=C(CN)C=C(c2ccc(C(F)(F)F)cn2)C1. The summed E-state index contributed by atoms with van der Waals surface area (Å²) in [5.74, 6) is 0. The van der Waals surface area contributed by atoms with Crippen molar-refractivity contribution in [3.63, 3.8) is 0 Å². The first-order valence-corrected chi connectivity index (χ1v) is 6.72. The van der Waals surface area contributed by atoms with E-state index in [9.17, 15) is 13.2 Å². The van der Waals surface area contributed by atoms with Gasteiger partial charge in [-0.3, -0.25) is 4.98 Å². The third kappa shape index (κ3) is 3.64. The molecule has 1 aromatic heterocycles. The van der Waals surface area contributed by atoms with Crippen LogP contribution in [0.4, 0.5) is 13.2 Å². The minimum atomic E-state index is -4.36. The molecule has 0 fully saturated rings. The van der Waals surface area contributed by atoms with Gasteiger partial charge in [-0.05, 0) is 43.2 Å². The average molecular weight is 297 g/mol. The molecule has 2 heterocycles. The van der Waals surface area contributed by atoms with Gasteiger partial charge in [-0.15, -0.1) is 0 Å². The average Bonchev–Trinajstić information content (AvgIpc) is 2.46. The van der Waals surface area contributed by atoms with Crippen LogP contribution in [0.3, 0.4) is 0 Å². The number of halogens is 3. The standard InChI is InChI=1S/C15H18F3N3/c1-10(2)21-8-11(6-19)5-12(9-21)14-4-3-13(7-20-14)15(16,17)18/h3-5,7-8,10H,6,9,19H2,1-2H3. The number of pyridine rings is 1. The fourth-order valence-corrected chi connectivity index (χ4v) is 2.11. The third-order valence-corrected chi connectivity index (χ3v) is 3.36. The van der Waals surface area contributed by atoms with Crippen molar-refractivity contribution in [3.8, 4) is 0 Å². The summed E-state index contributed by atoms with van der Waals surface area (Å²) >= 11 is 0. The van der Waals surface area contributed by atoms with Crippen LogP contribution in [0.15, 0.2) is 36.2 Å². The number of nitrogens with two attached hydrogens (primary N) is 1. The first-order chi connectivity index (χ1) is 9.81. The molecule has 3 nitrogen and oxygen atoms in total. The highest BCUT2D eigenvalue weighted by Gasteiger charge is 2.30. The summed E-state index contributed by atoms with van der Waals surface area (Å²) in [7, 11) is 0. The number of aromatic nitrogens is 1. The highest BCUT2D eigenvalue weighted by atomic mass is 19.4. The van der Waals surface area contributed by atoms with E-state index in [1.807, 2.05) is 26.1 Å². The van der Waals surface area contributed by atoms with Crippen molar-refractivity contribution in [3.05, 3.63) is 47.4 Å². The lowest BCUT2D eigenvalue weighted by atomic mass is 10.0. The van der Waals surface area contributed by atoms with E-state index >= 15 is 0 Å². The van der Waals surface area contributed by atoms with Crippen molar-refractivity contribution < 1.29 is 13.2 Å². The first kappa shape index (κ1) is 15.6. The van der Waals surface area contributed by atoms with Crippen LogP contribution in [0.5, 0.6) is 0 Å². The molecule has 1 aliphatic rings. The Morgan fingerprint density at radius 3 is 2.52 bits per heavy atom.